The van der Waals surface area contributed by atoms with Gasteiger partial charge in [0, 0.05) is 7.05 Å². The van der Waals surface area contributed by atoms with Crippen LogP contribution in [0.3, 0.4) is 0 Å². The Morgan fingerprint density at radius 2 is 2.18 bits per heavy atom. The molecule has 1 heterocycles. The molecule has 17 heavy (non-hydrogen) atoms. The molecule has 1 aromatic rings. The summed E-state index contributed by atoms with van der Waals surface area (Å²) in [5, 5.41) is 4.95. The van der Waals surface area contributed by atoms with Gasteiger partial charge in [0.25, 0.3) is 5.91 Å². The number of pyridine rings is 1. The fourth-order valence-electron chi connectivity index (χ4n) is 1.18. The molecule has 1 atom stereocenters. The highest BCUT2D eigenvalue weighted by Crippen LogP contribution is 2.15. The summed E-state index contributed by atoms with van der Waals surface area (Å²) in [5.74, 6) is -0.794. The van der Waals surface area contributed by atoms with Gasteiger partial charge < -0.3 is 16.4 Å². The molecule has 2 amide bonds. The Morgan fingerprint density at radius 1 is 1.53 bits per heavy atom. The lowest BCUT2D eigenvalue weighted by molar-refractivity contribution is -0.122. The largest absolute Gasteiger partial charge is 0.397 e. The molecule has 0 aromatic carbocycles. The second-order valence-electron chi connectivity index (χ2n) is 3.42. The fraction of sp³-hybridized carbons (Fsp3) is 0.300. The Kier molecular flexibility index (Phi) is 4.28. The van der Waals surface area contributed by atoms with Gasteiger partial charge in [-0.25, -0.2) is 4.98 Å². The molecule has 0 saturated carbocycles. The number of carbonyl (C=O) groups is 2. The van der Waals surface area contributed by atoms with E-state index in [9.17, 15) is 9.59 Å². The predicted octanol–water partition coefficient (Wildman–Crippen LogP) is 0.181. The lowest BCUT2D eigenvalue weighted by atomic mass is 10.2. The second kappa shape index (κ2) is 5.49. The number of likely N-dealkylation sites (N-methyl/N-ethyl adjacent to an activating group) is 1. The minimum Gasteiger partial charge on any atom is -0.397 e. The maximum atomic E-state index is 11.8. The monoisotopic (exact) mass is 256 g/mol. The number of rotatable bonds is 3. The quantitative estimate of drug-likeness (QED) is 0.672. The van der Waals surface area contributed by atoms with Crippen LogP contribution in [0.15, 0.2) is 12.3 Å². The number of hydrogen-bond acceptors (Lipinski definition) is 4. The molecular weight excluding hydrogens is 244 g/mol. The van der Waals surface area contributed by atoms with Crippen LogP contribution in [0.1, 0.15) is 17.3 Å². The van der Waals surface area contributed by atoms with E-state index in [0.717, 1.165) is 0 Å². The summed E-state index contributed by atoms with van der Waals surface area (Å²) in [6, 6.07) is 0.742. The highest BCUT2D eigenvalue weighted by molar-refractivity contribution is 6.32. The van der Waals surface area contributed by atoms with Gasteiger partial charge in [-0.05, 0) is 13.0 Å². The van der Waals surface area contributed by atoms with Crippen LogP contribution in [0, 0.1) is 0 Å². The maximum Gasteiger partial charge on any atom is 0.255 e. The van der Waals surface area contributed by atoms with Crippen molar-refractivity contribution in [1.82, 2.24) is 15.6 Å². The molecule has 0 fully saturated rings. The number of anilines is 1. The summed E-state index contributed by atoms with van der Waals surface area (Å²) in [6.07, 6.45) is 1.35. The summed E-state index contributed by atoms with van der Waals surface area (Å²) in [7, 11) is 1.49. The van der Waals surface area contributed by atoms with Crippen molar-refractivity contribution < 1.29 is 9.59 Å². The summed E-state index contributed by atoms with van der Waals surface area (Å²) < 4.78 is 0. The average Bonchev–Trinajstić information content (AvgIpc) is 2.30. The molecule has 0 aliphatic rings. The number of nitrogens with two attached hydrogens (primary N) is 1. The van der Waals surface area contributed by atoms with Crippen molar-refractivity contribution in [2.45, 2.75) is 13.0 Å². The van der Waals surface area contributed by atoms with Crippen LogP contribution in [0.2, 0.25) is 5.15 Å². The molecular formula is C10H13ClN4O2. The molecule has 0 aliphatic carbocycles. The number of amides is 2. The van der Waals surface area contributed by atoms with E-state index in [-0.39, 0.29) is 16.6 Å². The lowest BCUT2D eigenvalue weighted by Gasteiger charge is -2.12. The molecule has 7 heteroatoms. The number of aromatic nitrogens is 1. The van der Waals surface area contributed by atoms with Gasteiger partial charge in [0.15, 0.2) is 0 Å². The number of nitrogens with zero attached hydrogens (tertiary/aromatic N) is 1. The number of nitrogens with one attached hydrogen (secondary N) is 2. The molecule has 0 saturated heterocycles. The standard InChI is InChI=1S/C10H13ClN4O2/c1-5(9(16)13-2)15-10(17)7-3-6(12)4-14-8(7)11/h3-5H,12H2,1-2H3,(H,13,16)(H,15,17). The first-order valence-electron chi connectivity index (χ1n) is 4.89. The van der Waals surface area contributed by atoms with Crippen molar-refractivity contribution in [3.8, 4) is 0 Å². The molecule has 0 bridgehead atoms. The van der Waals surface area contributed by atoms with Gasteiger partial charge in [0.1, 0.15) is 11.2 Å². The Balaban J connectivity index is 2.83. The highest BCUT2D eigenvalue weighted by Gasteiger charge is 2.17. The van der Waals surface area contributed by atoms with Crippen molar-refractivity contribution >= 4 is 29.1 Å². The molecule has 0 spiro atoms. The van der Waals surface area contributed by atoms with Crippen molar-refractivity contribution in [2.24, 2.45) is 0 Å². The molecule has 0 radical (unpaired) electrons. The highest BCUT2D eigenvalue weighted by atomic mass is 35.5. The van der Waals surface area contributed by atoms with Crippen molar-refractivity contribution in [1.29, 1.82) is 0 Å². The molecule has 1 aromatic heterocycles. The first-order chi connectivity index (χ1) is 7.95. The van der Waals surface area contributed by atoms with Gasteiger partial charge >= 0.3 is 0 Å². The van der Waals surface area contributed by atoms with Crippen molar-refractivity contribution in [2.75, 3.05) is 12.8 Å². The van der Waals surface area contributed by atoms with E-state index >= 15 is 0 Å². The Hall–Kier alpha value is -1.82. The number of nitrogen functional groups attached to an aromatic ring is 1. The Morgan fingerprint density at radius 3 is 2.76 bits per heavy atom. The number of carbonyl (C=O) groups excluding carboxylic acids is 2. The zero-order chi connectivity index (χ0) is 13.0. The van der Waals surface area contributed by atoms with E-state index in [0.29, 0.717) is 5.69 Å². The molecule has 92 valence electrons. The normalized spacial score (nSPS) is 11.7. The van der Waals surface area contributed by atoms with Crippen molar-refractivity contribution in [3.05, 3.63) is 23.0 Å². The number of hydrogen-bond donors (Lipinski definition) is 3. The molecule has 1 unspecified atom stereocenters. The first-order valence-corrected chi connectivity index (χ1v) is 5.27. The van der Waals surface area contributed by atoms with E-state index in [4.69, 9.17) is 17.3 Å². The third kappa shape index (κ3) is 3.32. The summed E-state index contributed by atoms with van der Waals surface area (Å²) in [6.45, 7) is 1.56. The van der Waals surface area contributed by atoms with Crippen LogP contribution in [0.4, 0.5) is 5.69 Å². The van der Waals surface area contributed by atoms with Gasteiger partial charge in [-0.1, -0.05) is 11.6 Å². The van der Waals surface area contributed by atoms with E-state index < -0.39 is 11.9 Å². The fourth-order valence-corrected chi connectivity index (χ4v) is 1.37. The van der Waals surface area contributed by atoms with E-state index in [1.165, 1.54) is 19.3 Å². The summed E-state index contributed by atoms with van der Waals surface area (Å²) in [4.78, 5) is 26.8. The van der Waals surface area contributed by atoms with Crippen LogP contribution in [-0.4, -0.2) is 29.9 Å². The zero-order valence-corrected chi connectivity index (χ0v) is 10.2. The van der Waals surface area contributed by atoms with Crippen LogP contribution in [0.25, 0.3) is 0 Å². The minimum absolute atomic E-state index is 0.0424. The van der Waals surface area contributed by atoms with Crippen LogP contribution in [-0.2, 0) is 4.79 Å². The third-order valence-electron chi connectivity index (χ3n) is 2.09. The molecule has 4 N–H and O–H groups in total. The first kappa shape index (κ1) is 13.2. The minimum atomic E-state index is -0.662. The van der Waals surface area contributed by atoms with Crippen LogP contribution >= 0.6 is 11.6 Å². The predicted molar refractivity (Wildman–Crippen MR) is 64.7 cm³/mol. The third-order valence-corrected chi connectivity index (χ3v) is 2.39. The van der Waals surface area contributed by atoms with E-state index in [2.05, 4.69) is 15.6 Å². The van der Waals surface area contributed by atoms with Gasteiger partial charge in [0.2, 0.25) is 5.91 Å². The second-order valence-corrected chi connectivity index (χ2v) is 3.77. The van der Waals surface area contributed by atoms with Gasteiger partial charge in [0.05, 0.1) is 17.4 Å². The molecule has 6 nitrogen and oxygen atoms in total. The zero-order valence-electron chi connectivity index (χ0n) is 9.45. The average molecular weight is 257 g/mol. The van der Waals surface area contributed by atoms with Gasteiger partial charge in [-0.15, -0.1) is 0 Å². The maximum absolute atomic E-state index is 11.8. The van der Waals surface area contributed by atoms with E-state index in [1.807, 2.05) is 0 Å². The van der Waals surface area contributed by atoms with Crippen molar-refractivity contribution in [3.63, 3.8) is 0 Å². The smallest absolute Gasteiger partial charge is 0.255 e. The Labute approximate surface area is 104 Å². The molecule has 1 rings (SSSR count). The molecule has 0 aliphatic heterocycles. The van der Waals surface area contributed by atoms with E-state index in [1.54, 1.807) is 6.92 Å². The Bertz CT molecular complexity index is 450. The lowest BCUT2D eigenvalue weighted by Crippen LogP contribution is -2.43. The summed E-state index contributed by atoms with van der Waals surface area (Å²) in [5.41, 5.74) is 5.97. The van der Waals surface area contributed by atoms with Crippen LogP contribution < -0.4 is 16.4 Å². The SMILES string of the molecule is CNC(=O)C(C)NC(=O)c1cc(N)cnc1Cl. The topological polar surface area (TPSA) is 97.1 Å². The van der Waals surface area contributed by atoms with Crippen LogP contribution in [0.5, 0.6) is 0 Å². The van der Waals surface area contributed by atoms with Gasteiger partial charge in [-0.2, -0.15) is 0 Å². The van der Waals surface area contributed by atoms with Gasteiger partial charge in [-0.3, -0.25) is 9.59 Å². The number of halogens is 1. The summed E-state index contributed by atoms with van der Waals surface area (Å²) >= 11 is 5.76.